The fourth-order valence-electron chi connectivity index (χ4n) is 2.57. The lowest BCUT2D eigenvalue weighted by Crippen LogP contribution is -2.43. The smallest absolute Gasteiger partial charge is 0.252 e. The number of carbonyl (C=O) groups excluding carboxylic acids is 1. The van der Waals surface area contributed by atoms with Crippen molar-refractivity contribution in [2.75, 3.05) is 24.2 Å². The van der Waals surface area contributed by atoms with Crippen molar-refractivity contribution >= 4 is 55.5 Å². The Labute approximate surface area is 164 Å². The Kier molecular flexibility index (Phi) is 6.46. The first-order chi connectivity index (χ1) is 12.5. The number of nitrogens with one attached hydrogen (secondary N) is 1. The van der Waals surface area contributed by atoms with Gasteiger partial charge in [0, 0.05) is 18.8 Å². The van der Waals surface area contributed by atoms with Crippen molar-refractivity contribution < 1.29 is 13.2 Å². The number of aromatic nitrogens is 2. The van der Waals surface area contributed by atoms with Crippen LogP contribution in [0, 0.1) is 5.92 Å². The zero-order chi connectivity index (χ0) is 18.6. The third-order valence-corrected chi connectivity index (χ3v) is 9.01. The lowest BCUT2D eigenvalue weighted by Gasteiger charge is -2.30. The highest BCUT2D eigenvalue weighted by molar-refractivity contribution is 8.01. The molecule has 140 valence electrons. The van der Waals surface area contributed by atoms with Crippen LogP contribution in [0.4, 0.5) is 5.13 Å². The molecule has 1 aliphatic heterocycles. The molecule has 1 unspecified atom stereocenters. The van der Waals surface area contributed by atoms with Gasteiger partial charge in [0.25, 0.3) is 10.0 Å². The predicted molar refractivity (Wildman–Crippen MR) is 105 cm³/mol. The maximum absolute atomic E-state index is 12.7. The third kappa shape index (κ3) is 4.52. The number of nitrogens with zero attached hydrogens (tertiary/aromatic N) is 3. The van der Waals surface area contributed by atoms with Crippen LogP contribution in [0.2, 0.25) is 0 Å². The molecular formula is C15H18N4O3S4. The molecule has 1 atom stereocenters. The van der Waals surface area contributed by atoms with Crippen LogP contribution < -0.4 is 5.32 Å². The predicted octanol–water partition coefficient (Wildman–Crippen LogP) is 2.92. The van der Waals surface area contributed by atoms with E-state index in [9.17, 15) is 13.2 Å². The molecule has 0 radical (unpaired) electrons. The summed E-state index contributed by atoms with van der Waals surface area (Å²) in [4.78, 5) is 12.5. The van der Waals surface area contributed by atoms with E-state index < -0.39 is 15.9 Å². The first-order valence-electron chi connectivity index (χ1n) is 7.92. The molecular weight excluding hydrogens is 412 g/mol. The third-order valence-electron chi connectivity index (χ3n) is 3.81. The second kappa shape index (κ2) is 8.61. The summed E-state index contributed by atoms with van der Waals surface area (Å²) in [5, 5.41) is 12.9. The van der Waals surface area contributed by atoms with Gasteiger partial charge in [-0.15, -0.1) is 28.1 Å². The molecule has 2 aromatic rings. The highest BCUT2D eigenvalue weighted by atomic mass is 32.2. The van der Waals surface area contributed by atoms with Gasteiger partial charge in [0.05, 0.1) is 5.92 Å². The lowest BCUT2D eigenvalue weighted by atomic mass is 9.99. The van der Waals surface area contributed by atoms with Gasteiger partial charge in [-0.3, -0.25) is 4.79 Å². The van der Waals surface area contributed by atoms with Crippen molar-refractivity contribution in [2.45, 2.75) is 21.4 Å². The van der Waals surface area contributed by atoms with Gasteiger partial charge >= 0.3 is 0 Å². The Morgan fingerprint density at radius 2 is 2.35 bits per heavy atom. The first-order valence-corrected chi connectivity index (χ1v) is 12.0. The largest absolute Gasteiger partial charge is 0.300 e. The van der Waals surface area contributed by atoms with Gasteiger partial charge in [0.1, 0.15) is 4.21 Å². The summed E-state index contributed by atoms with van der Waals surface area (Å²) in [6.07, 6.45) is 3.08. The SMILES string of the molecule is C=CCSc1nnc(NC(=O)C2CCCN(S(=O)(=O)c3cccs3)C2)s1. The molecule has 1 saturated heterocycles. The average Bonchev–Trinajstić information content (AvgIpc) is 3.32. The quantitative estimate of drug-likeness (QED) is 0.412. The summed E-state index contributed by atoms with van der Waals surface area (Å²) in [5.41, 5.74) is 0. The van der Waals surface area contributed by atoms with Crippen LogP contribution in [0.5, 0.6) is 0 Å². The molecule has 0 spiro atoms. The Hall–Kier alpha value is -1.27. The number of carbonyl (C=O) groups is 1. The monoisotopic (exact) mass is 430 g/mol. The minimum absolute atomic E-state index is 0.183. The molecule has 0 aromatic carbocycles. The number of hydrogen-bond acceptors (Lipinski definition) is 8. The van der Waals surface area contributed by atoms with Crippen LogP contribution >= 0.6 is 34.4 Å². The van der Waals surface area contributed by atoms with Crippen LogP contribution in [0.3, 0.4) is 0 Å². The second-order valence-electron chi connectivity index (χ2n) is 5.60. The average molecular weight is 431 g/mol. The number of anilines is 1. The molecule has 3 heterocycles. The molecule has 2 aromatic heterocycles. The molecule has 0 saturated carbocycles. The number of sulfonamides is 1. The van der Waals surface area contributed by atoms with Crippen molar-refractivity contribution in [3.63, 3.8) is 0 Å². The van der Waals surface area contributed by atoms with Gasteiger partial charge in [-0.25, -0.2) is 8.42 Å². The van der Waals surface area contributed by atoms with Gasteiger partial charge in [-0.1, -0.05) is 35.2 Å². The standard InChI is InChI=1S/C15H18N4O3S4/c1-2-8-24-15-18-17-14(25-15)16-13(20)11-5-3-7-19(10-11)26(21,22)12-6-4-9-23-12/h2,4,6,9,11H,1,3,5,7-8,10H2,(H,16,17,20). The van der Waals surface area contributed by atoms with E-state index in [0.717, 1.165) is 10.1 Å². The first kappa shape index (κ1) is 19.5. The van der Waals surface area contributed by atoms with E-state index in [1.807, 2.05) is 0 Å². The summed E-state index contributed by atoms with van der Waals surface area (Å²) in [5.74, 6) is 0.111. The highest BCUT2D eigenvalue weighted by Crippen LogP contribution is 2.29. The van der Waals surface area contributed by atoms with Crippen molar-refractivity contribution in [1.82, 2.24) is 14.5 Å². The zero-order valence-corrected chi connectivity index (χ0v) is 17.1. The van der Waals surface area contributed by atoms with E-state index in [4.69, 9.17) is 0 Å². The fraction of sp³-hybridized carbons (Fsp3) is 0.400. The van der Waals surface area contributed by atoms with E-state index >= 15 is 0 Å². The lowest BCUT2D eigenvalue weighted by molar-refractivity contribution is -0.120. The van der Waals surface area contributed by atoms with Crippen LogP contribution in [0.1, 0.15) is 12.8 Å². The molecule has 1 amide bonds. The molecule has 1 fully saturated rings. The molecule has 7 nitrogen and oxygen atoms in total. The maximum atomic E-state index is 12.7. The second-order valence-corrected chi connectivity index (χ2v) is 11.0. The Bertz CT molecular complexity index is 863. The number of piperidine rings is 1. The topological polar surface area (TPSA) is 92.3 Å². The van der Waals surface area contributed by atoms with E-state index in [1.165, 1.54) is 38.7 Å². The molecule has 26 heavy (non-hydrogen) atoms. The number of rotatable bonds is 7. The van der Waals surface area contributed by atoms with E-state index in [0.29, 0.717) is 28.7 Å². The van der Waals surface area contributed by atoms with Crippen molar-refractivity contribution in [2.24, 2.45) is 5.92 Å². The van der Waals surface area contributed by atoms with Crippen LogP contribution in [0.25, 0.3) is 0 Å². The van der Waals surface area contributed by atoms with Crippen molar-refractivity contribution in [1.29, 1.82) is 0 Å². The summed E-state index contributed by atoms with van der Waals surface area (Å²) < 4.78 is 27.8. The van der Waals surface area contributed by atoms with E-state index in [1.54, 1.807) is 23.6 Å². The Morgan fingerprint density at radius 3 is 3.08 bits per heavy atom. The van der Waals surface area contributed by atoms with Crippen molar-refractivity contribution in [3.8, 4) is 0 Å². The number of hydrogen-bond donors (Lipinski definition) is 1. The molecule has 1 N–H and O–H groups in total. The molecule has 3 rings (SSSR count). The van der Waals surface area contributed by atoms with Crippen LogP contribution in [0.15, 0.2) is 38.7 Å². The molecule has 0 bridgehead atoms. The Morgan fingerprint density at radius 1 is 1.50 bits per heavy atom. The minimum Gasteiger partial charge on any atom is -0.300 e. The van der Waals surface area contributed by atoms with Crippen molar-refractivity contribution in [3.05, 3.63) is 30.2 Å². The fourth-order valence-corrected chi connectivity index (χ4v) is 6.75. The van der Waals surface area contributed by atoms with Crippen LogP contribution in [-0.2, 0) is 14.8 Å². The maximum Gasteiger partial charge on any atom is 0.252 e. The normalized spacial score (nSPS) is 18.5. The highest BCUT2D eigenvalue weighted by Gasteiger charge is 2.34. The summed E-state index contributed by atoms with van der Waals surface area (Å²) in [6.45, 7) is 4.27. The zero-order valence-electron chi connectivity index (χ0n) is 13.8. The van der Waals surface area contributed by atoms with Gasteiger partial charge < -0.3 is 5.32 Å². The van der Waals surface area contributed by atoms with E-state index in [2.05, 4.69) is 22.1 Å². The number of thiophene rings is 1. The van der Waals surface area contributed by atoms with Gasteiger partial charge in [-0.05, 0) is 24.3 Å². The molecule has 1 aliphatic rings. The molecule has 0 aliphatic carbocycles. The van der Waals surface area contributed by atoms with Crippen LogP contribution in [-0.4, -0.2) is 47.7 Å². The number of amides is 1. The van der Waals surface area contributed by atoms with Gasteiger partial charge in [0.15, 0.2) is 4.34 Å². The Balaban J connectivity index is 1.63. The van der Waals surface area contributed by atoms with Gasteiger partial charge in [-0.2, -0.15) is 4.31 Å². The summed E-state index contributed by atoms with van der Waals surface area (Å²) >= 11 is 3.98. The summed E-state index contributed by atoms with van der Waals surface area (Å²) in [7, 11) is -3.53. The van der Waals surface area contributed by atoms with Gasteiger partial charge in [0.2, 0.25) is 11.0 Å². The number of thioether (sulfide) groups is 1. The summed E-state index contributed by atoms with van der Waals surface area (Å²) in [6, 6.07) is 3.30. The minimum atomic E-state index is -3.53. The van der Waals surface area contributed by atoms with E-state index in [-0.39, 0.29) is 12.5 Å². The molecule has 11 heteroatoms.